The summed E-state index contributed by atoms with van der Waals surface area (Å²) in [5.74, 6) is -0.992. The second kappa shape index (κ2) is 11.4. The van der Waals surface area contributed by atoms with E-state index in [4.69, 9.17) is 5.11 Å². The normalized spacial score (nSPS) is 12.2. The van der Waals surface area contributed by atoms with Crippen LogP contribution in [0.2, 0.25) is 0 Å². The molecule has 0 saturated carbocycles. The number of hydrogen-bond donors (Lipinski definition) is 3. The summed E-state index contributed by atoms with van der Waals surface area (Å²) in [7, 11) is 0. The molecule has 3 N–H and O–H groups in total. The molecule has 0 aromatic heterocycles. The molecule has 1 unspecified atom stereocenters. The lowest BCUT2D eigenvalue weighted by molar-refractivity contribution is -0.137. The highest BCUT2D eigenvalue weighted by molar-refractivity contribution is 5.76. The molecule has 20 heavy (non-hydrogen) atoms. The van der Waals surface area contributed by atoms with Crippen LogP contribution in [0.15, 0.2) is 0 Å². The lowest BCUT2D eigenvalue weighted by Crippen LogP contribution is -2.36. The van der Waals surface area contributed by atoms with Gasteiger partial charge in [-0.25, -0.2) is 0 Å². The highest BCUT2D eigenvalue weighted by Gasteiger charge is 2.08. The smallest absolute Gasteiger partial charge is 0.303 e. The summed E-state index contributed by atoms with van der Waals surface area (Å²) in [6.07, 6.45) is 3.99. The minimum atomic E-state index is -0.879. The molecule has 116 valence electrons. The molecule has 0 aromatic carbocycles. The molecule has 0 saturated heterocycles. The van der Waals surface area contributed by atoms with Crippen molar-refractivity contribution in [2.24, 2.45) is 0 Å². The largest absolute Gasteiger partial charge is 0.481 e. The van der Waals surface area contributed by atoms with Gasteiger partial charge in [0.1, 0.15) is 6.29 Å². The third-order valence-corrected chi connectivity index (χ3v) is 2.77. The van der Waals surface area contributed by atoms with Gasteiger partial charge in [0.05, 0.1) is 6.04 Å². The van der Waals surface area contributed by atoms with Crippen LogP contribution in [0.3, 0.4) is 0 Å². The standard InChI is InChI=1S/C14H26N2O4/c1-11(2)16-12(10-17)6-3-4-9-15-13(18)7-5-8-14(19)20/h10-12,16H,3-9H2,1-2H3,(H,15,18)(H,19,20). The van der Waals surface area contributed by atoms with Gasteiger partial charge in [-0.1, -0.05) is 13.8 Å². The topological polar surface area (TPSA) is 95.5 Å². The Kier molecular flexibility index (Phi) is 10.6. The minimum absolute atomic E-state index is 0.0231. The molecule has 1 atom stereocenters. The highest BCUT2D eigenvalue weighted by Crippen LogP contribution is 2.00. The summed E-state index contributed by atoms with van der Waals surface area (Å²) in [5.41, 5.74) is 0. The van der Waals surface area contributed by atoms with Gasteiger partial charge in [0, 0.05) is 25.4 Å². The van der Waals surface area contributed by atoms with Gasteiger partial charge in [0.2, 0.25) is 5.91 Å². The third kappa shape index (κ3) is 11.6. The molecule has 0 aromatic rings. The average molecular weight is 286 g/mol. The summed E-state index contributed by atoms with van der Waals surface area (Å²) < 4.78 is 0. The zero-order valence-corrected chi connectivity index (χ0v) is 12.4. The predicted octanol–water partition coefficient (Wildman–Crippen LogP) is 1.09. The van der Waals surface area contributed by atoms with Gasteiger partial charge in [-0.15, -0.1) is 0 Å². The second-order valence-electron chi connectivity index (χ2n) is 5.16. The molecule has 6 heteroatoms. The molecule has 0 aliphatic heterocycles. The Hall–Kier alpha value is -1.43. The number of rotatable bonds is 12. The number of carboxylic acid groups (broad SMARTS) is 1. The van der Waals surface area contributed by atoms with E-state index >= 15 is 0 Å². The van der Waals surface area contributed by atoms with Crippen LogP contribution in [-0.4, -0.2) is 41.9 Å². The van der Waals surface area contributed by atoms with Gasteiger partial charge in [-0.05, 0) is 25.7 Å². The van der Waals surface area contributed by atoms with E-state index in [0.29, 0.717) is 13.0 Å². The third-order valence-electron chi connectivity index (χ3n) is 2.77. The predicted molar refractivity (Wildman–Crippen MR) is 76.5 cm³/mol. The molecule has 0 radical (unpaired) electrons. The number of carbonyl (C=O) groups is 3. The van der Waals surface area contributed by atoms with Crippen LogP contribution < -0.4 is 10.6 Å². The second-order valence-corrected chi connectivity index (χ2v) is 5.16. The van der Waals surface area contributed by atoms with E-state index in [0.717, 1.165) is 25.5 Å². The van der Waals surface area contributed by atoms with Crippen LogP contribution in [0.5, 0.6) is 0 Å². The molecular formula is C14H26N2O4. The molecule has 0 bridgehead atoms. The van der Waals surface area contributed by atoms with Crippen molar-refractivity contribution in [2.75, 3.05) is 6.54 Å². The summed E-state index contributed by atoms with van der Waals surface area (Å²) in [6.45, 7) is 4.56. The van der Waals surface area contributed by atoms with Gasteiger partial charge in [-0.2, -0.15) is 0 Å². The summed E-state index contributed by atoms with van der Waals surface area (Å²) >= 11 is 0. The van der Waals surface area contributed by atoms with Gasteiger partial charge in [0.25, 0.3) is 0 Å². The SMILES string of the molecule is CC(C)NC(C=O)CCCCNC(=O)CCCC(=O)O. The maximum atomic E-state index is 11.4. The van der Waals surface area contributed by atoms with E-state index in [9.17, 15) is 14.4 Å². The highest BCUT2D eigenvalue weighted by atomic mass is 16.4. The van der Waals surface area contributed by atoms with Crippen LogP contribution in [0.25, 0.3) is 0 Å². The molecular weight excluding hydrogens is 260 g/mol. The zero-order chi connectivity index (χ0) is 15.4. The van der Waals surface area contributed by atoms with Gasteiger partial charge in [-0.3, -0.25) is 9.59 Å². The molecule has 0 fully saturated rings. The van der Waals surface area contributed by atoms with Crippen molar-refractivity contribution >= 4 is 18.2 Å². The first kappa shape index (κ1) is 18.6. The van der Waals surface area contributed by atoms with Gasteiger partial charge >= 0.3 is 5.97 Å². The van der Waals surface area contributed by atoms with Gasteiger partial charge < -0.3 is 20.5 Å². The molecule has 0 rings (SSSR count). The molecule has 0 aliphatic carbocycles. The Morgan fingerprint density at radius 3 is 2.40 bits per heavy atom. The van der Waals surface area contributed by atoms with Crippen molar-refractivity contribution < 1.29 is 19.5 Å². The fourth-order valence-corrected chi connectivity index (χ4v) is 1.82. The van der Waals surface area contributed by atoms with Crippen molar-refractivity contribution in [1.82, 2.24) is 10.6 Å². The van der Waals surface area contributed by atoms with Crippen LogP contribution in [0.4, 0.5) is 0 Å². The maximum absolute atomic E-state index is 11.4. The van der Waals surface area contributed by atoms with Crippen LogP contribution in [0, 0.1) is 0 Å². The Morgan fingerprint density at radius 2 is 1.85 bits per heavy atom. The Bertz CT molecular complexity index is 306. The quantitative estimate of drug-likeness (QED) is 0.369. The average Bonchev–Trinajstić information content (AvgIpc) is 2.36. The first-order valence-electron chi connectivity index (χ1n) is 7.15. The first-order chi connectivity index (χ1) is 9.45. The number of aliphatic carboxylic acids is 1. The number of unbranched alkanes of at least 4 members (excludes halogenated alkanes) is 1. The lowest BCUT2D eigenvalue weighted by Gasteiger charge is -2.15. The number of nitrogens with one attached hydrogen (secondary N) is 2. The molecule has 6 nitrogen and oxygen atoms in total. The maximum Gasteiger partial charge on any atom is 0.303 e. The fraction of sp³-hybridized carbons (Fsp3) is 0.786. The first-order valence-corrected chi connectivity index (χ1v) is 7.15. The van der Waals surface area contributed by atoms with E-state index in [1.807, 2.05) is 13.8 Å². The summed E-state index contributed by atoms with van der Waals surface area (Å²) in [5, 5.41) is 14.3. The zero-order valence-electron chi connectivity index (χ0n) is 12.4. The van der Waals surface area contributed by atoms with Crippen molar-refractivity contribution in [3.05, 3.63) is 0 Å². The van der Waals surface area contributed by atoms with E-state index in [1.165, 1.54) is 0 Å². The lowest BCUT2D eigenvalue weighted by atomic mass is 10.1. The molecule has 0 aliphatic rings. The number of amides is 1. The van der Waals surface area contributed by atoms with E-state index in [-0.39, 0.29) is 30.8 Å². The number of carboxylic acids is 1. The number of hydrogen-bond acceptors (Lipinski definition) is 4. The van der Waals surface area contributed by atoms with Crippen molar-refractivity contribution in [3.8, 4) is 0 Å². The van der Waals surface area contributed by atoms with Crippen LogP contribution >= 0.6 is 0 Å². The van der Waals surface area contributed by atoms with Crippen LogP contribution in [0.1, 0.15) is 52.4 Å². The fourth-order valence-electron chi connectivity index (χ4n) is 1.82. The van der Waals surface area contributed by atoms with E-state index in [1.54, 1.807) is 0 Å². The minimum Gasteiger partial charge on any atom is -0.481 e. The van der Waals surface area contributed by atoms with E-state index in [2.05, 4.69) is 10.6 Å². The number of aldehydes is 1. The molecule has 0 heterocycles. The molecule has 1 amide bonds. The number of carbonyl (C=O) groups excluding carboxylic acids is 2. The monoisotopic (exact) mass is 286 g/mol. The summed E-state index contributed by atoms with van der Waals surface area (Å²) in [6, 6.07) is 0.153. The summed E-state index contributed by atoms with van der Waals surface area (Å²) in [4.78, 5) is 32.4. The van der Waals surface area contributed by atoms with Crippen molar-refractivity contribution in [3.63, 3.8) is 0 Å². The Morgan fingerprint density at radius 1 is 1.15 bits per heavy atom. The Labute approximate surface area is 120 Å². The van der Waals surface area contributed by atoms with Gasteiger partial charge in [0.15, 0.2) is 0 Å². The van der Waals surface area contributed by atoms with E-state index < -0.39 is 5.97 Å². The van der Waals surface area contributed by atoms with Crippen LogP contribution in [-0.2, 0) is 14.4 Å². The van der Waals surface area contributed by atoms with Crippen molar-refractivity contribution in [1.29, 1.82) is 0 Å². The van der Waals surface area contributed by atoms with Crippen molar-refractivity contribution in [2.45, 2.75) is 64.5 Å². The molecule has 0 spiro atoms. The Balaban J connectivity index is 3.53.